The molecule has 4 nitrogen and oxygen atoms in total. The van der Waals surface area contributed by atoms with Crippen LogP contribution in [0.4, 0.5) is 0 Å². The highest BCUT2D eigenvalue weighted by atomic mass is 16.4. The van der Waals surface area contributed by atoms with Crippen LogP contribution in [0, 0.1) is 0 Å². The largest absolute Gasteiger partial charge is 0.480 e. The highest BCUT2D eigenvalue weighted by Crippen LogP contribution is 2.02. The number of aliphatic carboxylic acids is 1. The molecule has 1 unspecified atom stereocenters. The highest BCUT2D eigenvalue weighted by Gasteiger charge is 2.09. The summed E-state index contributed by atoms with van der Waals surface area (Å²) >= 11 is 0. The zero-order valence-corrected chi connectivity index (χ0v) is 9.23. The number of aryl methyl sites for hydroxylation is 1. The average Bonchev–Trinajstić information content (AvgIpc) is 2.62. The first-order chi connectivity index (χ1) is 7.13. The Hall–Kier alpha value is -1.29. The Morgan fingerprint density at radius 2 is 2.40 bits per heavy atom. The van der Waals surface area contributed by atoms with E-state index in [4.69, 9.17) is 5.11 Å². The van der Waals surface area contributed by atoms with Crippen molar-refractivity contribution < 1.29 is 9.90 Å². The zero-order valence-electron chi connectivity index (χ0n) is 9.23. The van der Waals surface area contributed by atoms with E-state index in [0.717, 1.165) is 18.5 Å². The second kappa shape index (κ2) is 5.56. The standard InChI is InChI=1S/C11H18N2O2/c1-3-5-13-6-4-10(8-13)7-12-9(2)11(14)15/h4,6,8-9,12H,3,5,7H2,1-2H3,(H,14,15). The molecule has 0 aliphatic rings. The van der Waals surface area contributed by atoms with Crippen LogP contribution >= 0.6 is 0 Å². The Morgan fingerprint density at radius 3 is 3.00 bits per heavy atom. The first-order valence-electron chi connectivity index (χ1n) is 5.24. The third-order valence-corrected chi connectivity index (χ3v) is 2.28. The quantitative estimate of drug-likeness (QED) is 0.747. The summed E-state index contributed by atoms with van der Waals surface area (Å²) < 4.78 is 2.11. The number of nitrogens with one attached hydrogen (secondary N) is 1. The number of carboxylic acid groups (broad SMARTS) is 1. The van der Waals surface area contributed by atoms with Crippen molar-refractivity contribution in [3.63, 3.8) is 0 Å². The Bertz CT molecular complexity index is 320. The molecule has 0 bridgehead atoms. The maximum atomic E-state index is 10.6. The summed E-state index contributed by atoms with van der Waals surface area (Å²) in [6.45, 7) is 5.38. The Labute approximate surface area is 89.9 Å². The van der Waals surface area contributed by atoms with Gasteiger partial charge in [0.15, 0.2) is 0 Å². The smallest absolute Gasteiger partial charge is 0.320 e. The van der Waals surface area contributed by atoms with E-state index in [1.165, 1.54) is 0 Å². The maximum Gasteiger partial charge on any atom is 0.320 e. The predicted octanol–water partition coefficient (Wildman–Crippen LogP) is 1.46. The van der Waals surface area contributed by atoms with Gasteiger partial charge in [-0.05, 0) is 25.0 Å². The lowest BCUT2D eigenvalue weighted by atomic mass is 10.3. The number of aromatic nitrogens is 1. The molecule has 0 aliphatic heterocycles. The molecular formula is C11H18N2O2. The fourth-order valence-corrected chi connectivity index (χ4v) is 1.35. The lowest BCUT2D eigenvalue weighted by Gasteiger charge is -2.07. The molecule has 1 rings (SSSR count). The number of rotatable bonds is 6. The van der Waals surface area contributed by atoms with Gasteiger partial charge in [0.05, 0.1) is 0 Å². The summed E-state index contributed by atoms with van der Waals surface area (Å²) in [7, 11) is 0. The molecule has 0 amide bonds. The van der Waals surface area contributed by atoms with Crippen molar-refractivity contribution in [2.45, 2.75) is 39.4 Å². The van der Waals surface area contributed by atoms with Crippen LogP contribution in [-0.2, 0) is 17.9 Å². The van der Waals surface area contributed by atoms with Gasteiger partial charge in [-0.3, -0.25) is 4.79 Å². The van der Waals surface area contributed by atoms with Gasteiger partial charge in [-0.25, -0.2) is 0 Å². The molecule has 0 saturated heterocycles. The van der Waals surface area contributed by atoms with Gasteiger partial charge in [-0.15, -0.1) is 0 Å². The lowest BCUT2D eigenvalue weighted by molar-refractivity contribution is -0.139. The van der Waals surface area contributed by atoms with E-state index < -0.39 is 12.0 Å². The molecule has 4 heteroatoms. The Kier molecular flexibility index (Phi) is 4.37. The third-order valence-electron chi connectivity index (χ3n) is 2.28. The lowest BCUT2D eigenvalue weighted by Crippen LogP contribution is -2.32. The molecule has 0 spiro atoms. The van der Waals surface area contributed by atoms with Crippen LogP contribution in [0.5, 0.6) is 0 Å². The van der Waals surface area contributed by atoms with Gasteiger partial charge in [0.25, 0.3) is 0 Å². The van der Waals surface area contributed by atoms with E-state index in [0.29, 0.717) is 6.54 Å². The number of carboxylic acids is 1. The minimum atomic E-state index is -0.817. The first kappa shape index (κ1) is 11.8. The van der Waals surface area contributed by atoms with Gasteiger partial charge in [-0.1, -0.05) is 6.92 Å². The topological polar surface area (TPSA) is 54.3 Å². The van der Waals surface area contributed by atoms with Crippen LogP contribution in [-0.4, -0.2) is 21.7 Å². The van der Waals surface area contributed by atoms with E-state index in [9.17, 15) is 4.79 Å². The minimum Gasteiger partial charge on any atom is -0.480 e. The van der Waals surface area contributed by atoms with Crippen LogP contribution in [0.2, 0.25) is 0 Å². The van der Waals surface area contributed by atoms with E-state index in [-0.39, 0.29) is 0 Å². The molecule has 0 radical (unpaired) electrons. The average molecular weight is 210 g/mol. The summed E-state index contributed by atoms with van der Waals surface area (Å²) in [6, 6.07) is 1.51. The Balaban J connectivity index is 2.40. The van der Waals surface area contributed by atoms with Gasteiger partial charge in [0, 0.05) is 25.5 Å². The van der Waals surface area contributed by atoms with E-state index >= 15 is 0 Å². The number of carbonyl (C=O) groups is 1. The van der Waals surface area contributed by atoms with Crippen LogP contribution in [0.15, 0.2) is 18.5 Å². The molecule has 1 aromatic rings. The minimum absolute atomic E-state index is 0.500. The monoisotopic (exact) mass is 210 g/mol. The second-order valence-electron chi connectivity index (χ2n) is 3.70. The summed E-state index contributed by atoms with van der Waals surface area (Å²) in [5.74, 6) is -0.817. The number of hydrogen-bond acceptors (Lipinski definition) is 2. The number of hydrogen-bond donors (Lipinski definition) is 2. The first-order valence-corrected chi connectivity index (χ1v) is 5.24. The van der Waals surface area contributed by atoms with Crippen molar-refractivity contribution in [3.8, 4) is 0 Å². The molecule has 0 saturated carbocycles. The molecular weight excluding hydrogens is 192 g/mol. The molecule has 15 heavy (non-hydrogen) atoms. The van der Waals surface area contributed by atoms with E-state index in [1.54, 1.807) is 6.92 Å². The van der Waals surface area contributed by atoms with Gasteiger partial charge in [0.2, 0.25) is 0 Å². The van der Waals surface area contributed by atoms with E-state index in [1.807, 2.05) is 18.5 Å². The molecule has 2 N–H and O–H groups in total. The van der Waals surface area contributed by atoms with E-state index in [2.05, 4.69) is 16.8 Å². The molecule has 1 aromatic heterocycles. The van der Waals surface area contributed by atoms with Crippen LogP contribution in [0.25, 0.3) is 0 Å². The summed E-state index contributed by atoms with van der Waals surface area (Å²) in [5, 5.41) is 11.6. The molecule has 84 valence electrons. The number of nitrogens with zero attached hydrogens (tertiary/aromatic N) is 1. The van der Waals surface area contributed by atoms with Crippen molar-refractivity contribution in [3.05, 3.63) is 24.0 Å². The van der Waals surface area contributed by atoms with Crippen LogP contribution < -0.4 is 5.32 Å². The fourth-order valence-electron chi connectivity index (χ4n) is 1.35. The highest BCUT2D eigenvalue weighted by molar-refractivity contribution is 5.72. The van der Waals surface area contributed by atoms with Gasteiger partial charge in [0.1, 0.15) is 6.04 Å². The summed E-state index contributed by atoms with van der Waals surface area (Å²) in [5.41, 5.74) is 1.12. The van der Waals surface area contributed by atoms with Crippen molar-refractivity contribution >= 4 is 5.97 Å². The molecule has 0 aliphatic carbocycles. The zero-order chi connectivity index (χ0) is 11.3. The van der Waals surface area contributed by atoms with Gasteiger partial charge >= 0.3 is 5.97 Å². The molecule has 1 atom stereocenters. The SMILES string of the molecule is CCCn1ccc(CNC(C)C(=O)O)c1. The fraction of sp³-hybridized carbons (Fsp3) is 0.545. The molecule has 0 aromatic carbocycles. The molecule has 0 fully saturated rings. The predicted molar refractivity (Wildman–Crippen MR) is 58.7 cm³/mol. The van der Waals surface area contributed by atoms with Crippen molar-refractivity contribution in [1.82, 2.24) is 9.88 Å². The van der Waals surface area contributed by atoms with Crippen LogP contribution in [0.3, 0.4) is 0 Å². The second-order valence-corrected chi connectivity index (χ2v) is 3.70. The van der Waals surface area contributed by atoms with Crippen molar-refractivity contribution in [2.24, 2.45) is 0 Å². The van der Waals surface area contributed by atoms with Gasteiger partial charge in [-0.2, -0.15) is 0 Å². The maximum absolute atomic E-state index is 10.6. The summed E-state index contributed by atoms with van der Waals surface area (Å²) in [6.07, 6.45) is 5.17. The normalized spacial score (nSPS) is 12.7. The van der Waals surface area contributed by atoms with Crippen molar-refractivity contribution in [2.75, 3.05) is 0 Å². The third kappa shape index (κ3) is 3.75. The van der Waals surface area contributed by atoms with Crippen molar-refractivity contribution in [1.29, 1.82) is 0 Å². The van der Waals surface area contributed by atoms with Gasteiger partial charge < -0.3 is 15.0 Å². The Morgan fingerprint density at radius 1 is 1.67 bits per heavy atom. The summed E-state index contributed by atoms with van der Waals surface area (Å²) in [4.78, 5) is 10.6. The molecule has 1 heterocycles. The van der Waals surface area contributed by atoms with Crippen LogP contribution in [0.1, 0.15) is 25.8 Å².